The van der Waals surface area contributed by atoms with Crippen LogP contribution in [-0.4, -0.2) is 12.3 Å². The molecule has 0 aromatic heterocycles. The van der Waals surface area contributed by atoms with Crippen molar-refractivity contribution in [1.82, 2.24) is 0 Å². The molecule has 30 heavy (non-hydrogen) atoms. The van der Waals surface area contributed by atoms with E-state index in [2.05, 4.69) is 72.8 Å². The molecule has 4 aromatic carbocycles. The lowest BCUT2D eigenvalue weighted by atomic mass is 10.1. The maximum Gasteiger partial charge on any atom is 0.158 e. The van der Waals surface area contributed by atoms with Crippen molar-refractivity contribution in [1.29, 1.82) is 0 Å². The van der Waals surface area contributed by atoms with Gasteiger partial charge in [-0.25, -0.2) is 0 Å². The van der Waals surface area contributed by atoms with E-state index >= 15 is 0 Å². The highest BCUT2D eigenvalue weighted by molar-refractivity contribution is 7.87. The summed E-state index contributed by atoms with van der Waals surface area (Å²) < 4.78 is 5.22. The molecular formula is C27H24NOP. The van der Waals surface area contributed by atoms with Gasteiger partial charge < -0.3 is 0 Å². The fourth-order valence-corrected chi connectivity index (χ4v) is 7.25. The van der Waals surface area contributed by atoms with Gasteiger partial charge in [-0.05, 0) is 5.56 Å². The summed E-state index contributed by atoms with van der Waals surface area (Å²) in [5, 5.41) is 3.49. The standard InChI is InChI=1S/C27H24NOP/c29-24(21-23-13-5-1-6-14-23)22-28-30(25-15-7-2-8-16-25,26-17-9-3-10-18-26)27-19-11-4-12-20-27/h1-20H,21-22H2. The van der Waals surface area contributed by atoms with E-state index in [1.807, 2.05) is 48.5 Å². The van der Waals surface area contributed by atoms with Gasteiger partial charge in [-0.3, -0.25) is 9.54 Å². The molecule has 148 valence electrons. The zero-order valence-electron chi connectivity index (χ0n) is 16.8. The molecule has 4 rings (SSSR count). The Morgan fingerprint density at radius 3 is 1.33 bits per heavy atom. The predicted octanol–water partition coefficient (Wildman–Crippen LogP) is 4.98. The second-order valence-corrected chi connectivity index (χ2v) is 10.2. The maximum absolute atomic E-state index is 12.9. The Morgan fingerprint density at radius 1 is 0.567 bits per heavy atom. The lowest BCUT2D eigenvalue weighted by Crippen LogP contribution is -2.26. The van der Waals surface area contributed by atoms with Gasteiger partial charge in [0.25, 0.3) is 0 Å². The van der Waals surface area contributed by atoms with Crippen LogP contribution in [0.2, 0.25) is 0 Å². The van der Waals surface area contributed by atoms with Crippen LogP contribution in [0.5, 0.6) is 0 Å². The van der Waals surface area contributed by atoms with Crippen LogP contribution >= 0.6 is 7.05 Å². The van der Waals surface area contributed by atoms with E-state index in [-0.39, 0.29) is 12.3 Å². The molecule has 0 unspecified atom stereocenters. The molecule has 4 aromatic rings. The third-order valence-electron chi connectivity index (χ3n) is 5.09. The minimum atomic E-state index is -2.31. The summed E-state index contributed by atoms with van der Waals surface area (Å²) >= 11 is 0. The van der Waals surface area contributed by atoms with Crippen LogP contribution in [0.3, 0.4) is 0 Å². The molecule has 0 saturated carbocycles. The van der Waals surface area contributed by atoms with Gasteiger partial charge in [0.05, 0.1) is 13.6 Å². The molecular weight excluding hydrogens is 385 g/mol. The molecule has 2 nitrogen and oxygen atoms in total. The lowest BCUT2D eigenvalue weighted by Gasteiger charge is -2.27. The number of hydrogen-bond acceptors (Lipinski definition) is 2. The van der Waals surface area contributed by atoms with Gasteiger partial charge >= 0.3 is 0 Å². The summed E-state index contributed by atoms with van der Waals surface area (Å²) in [4.78, 5) is 12.9. The molecule has 0 aliphatic carbocycles. The monoisotopic (exact) mass is 409 g/mol. The quantitative estimate of drug-likeness (QED) is 0.396. The van der Waals surface area contributed by atoms with Crippen LogP contribution in [-0.2, 0) is 11.2 Å². The first-order chi connectivity index (χ1) is 14.8. The number of carbonyl (C=O) groups excluding carboxylic acids is 1. The molecule has 0 amide bonds. The third kappa shape index (κ3) is 4.35. The summed E-state index contributed by atoms with van der Waals surface area (Å²) in [7, 11) is -2.31. The van der Waals surface area contributed by atoms with E-state index in [0.717, 1.165) is 21.5 Å². The Bertz CT molecular complexity index is 1040. The molecule has 0 atom stereocenters. The number of ketones is 1. The highest BCUT2D eigenvalue weighted by atomic mass is 31.2. The SMILES string of the molecule is O=C(CN=P(c1ccccc1)(c1ccccc1)c1ccccc1)Cc1ccccc1. The van der Waals surface area contributed by atoms with Gasteiger partial charge in [-0.2, -0.15) is 0 Å². The van der Waals surface area contributed by atoms with Gasteiger partial charge in [0, 0.05) is 22.3 Å². The van der Waals surface area contributed by atoms with E-state index < -0.39 is 7.05 Å². The first-order valence-corrected chi connectivity index (χ1v) is 11.8. The zero-order chi connectivity index (χ0) is 20.7. The molecule has 0 saturated heterocycles. The van der Waals surface area contributed by atoms with Gasteiger partial charge in [-0.1, -0.05) is 121 Å². The van der Waals surface area contributed by atoms with Crippen molar-refractivity contribution in [3.63, 3.8) is 0 Å². The maximum atomic E-state index is 12.9. The first kappa shape index (κ1) is 20.1. The number of carbonyl (C=O) groups is 1. The van der Waals surface area contributed by atoms with Crippen LogP contribution in [0.25, 0.3) is 0 Å². The molecule has 0 heterocycles. The Hall–Kier alpha value is -3.22. The van der Waals surface area contributed by atoms with E-state index in [4.69, 9.17) is 4.74 Å². The molecule has 3 heteroatoms. The lowest BCUT2D eigenvalue weighted by molar-refractivity contribution is -0.117. The van der Waals surface area contributed by atoms with E-state index in [9.17, 15) is 4.79 Å². The second-order valence-electron chi connectivity index (χ2n) is 7.14. The Labute approximate surface area is 178 Å². The number of hydrogen-bond donors (Lipinski definition) is 0. The highest BCUT2D eigenvalue weighted by Gasteiger charge is 2.27. The van der Waals surface area contributed by atoms with Gasteiger partial charge in [-0.15, -0.1) is 0 Å². The molecule has 0 bridgehead atoms. The molecule has 0 radical (unpaired) electrons. The first-order valence-electron chi connectivity index (χ1n) is 10.1. The predicted molar refractivity (Wildman–Crippen MR) is 128 cm³/mol. The van der Waals surface area contributed by atoms with Crippen LogP contribution < -0.4 is 15.9 Å². The number of benzene rings is 4. The van der Waals surface area contributed by atoms with Gasteiger partial charge in [0.15, 0.2) is 5.78 Å². The minimum Gasteiger partial charge on any atom is -0.297 e. The Morgan fingerprint density at radius 2 is 0.933 bits per heavy atom. The average Bonchev–Trinajstić information content (AvgIpc) is 2.82. The second kappa shape index (κ2) is 9.52. The zero-order valence-corrected chi connectivity index (χ0v) is 17.7. The molecule has 0 N–H and O–H groups in total. The van der Waals surface area contributed by atoms with E-state index in [1.54, 1.807) is 0 Å². The summed E-state index contributed by atoms with van der Waals surface area (Å²) in [5.74, 6) is 0.133. The molecule has 0 fully saturated rings. The average molecular weight is 409 g/mol. The van der Waals surface area contributed by atoms with Crippen LogP contribution in [0.4, 0.5) is 0 Å². The Kier molecular flexibility index (Phi) is 6.37. The molecule has 0 aliphatic rings. The van der Waals surface area contributed by atoms with Crippen molar-refractivity contribution < 1.29 is 4.79 Å². The van der Waals surface area contributed by atoms with Crippen molar-refractivity contribution >= 4 is 28.8 Å². The van der Waals surface area contributed by atoms with Gasteiger partial charge in [0.2, 0.25) is 0 Å². The Balaban J connectivity index is 1.84. The van der Waals surface area contributed by atoms with E-state index in [1.165, 1.54) is 0 Å². The molecule has 0 aliphatic heterocycles. The van der Waals surface area contributed by atoms with E-state index in [0.29, 0.717) is 6.42 Å². The van der Waals surface area contributed by atoms with Gasteiger partial charge in [0.1, 0.15) is 0 Å². The van der Waals surface area contributed by atoms with Crippen LogP contribution in [0, 0.1) is 0 Å². The van der Waals surface area contributed by atoms with Crippen LogP contribution in [0.15, 0.2) is 126 Å². The highest BCUT2D eigenvalue weighted by Crippen LogP contribution is 2.46. The summed E-state index contributed by atoms with van der Waals surface area (Å²) in [6.07, 6.45) is 0.405. The molecule has 0 spiro atoms. The summed E-state index contributed by atoms with van der Waals surface area (Å²) in [6, 6.07) is 41.1. The normalized spacial score (nSPS) is 11.1. The van der Waals surface area contributed by atoms with Crippen molar-refractivity contribution in [2.24, 2.45) is 4.74 Å². The summed E-state index contributed by atoms with van der Waals surface area (Å²) in [5.41, 5.74) is 1.03. The number of nitrogens with zero attached hydrogens (tertiary/aromatic N) is 1. The minimum absolute atomic E-state index is 0.133. The van der Waals surface area contributed by atoms with Crippen molar-refractivity contribution in [2.75, 3.05) is 6.54 Å². The van der Waals surface area contributed by atoms with Crippen molar-refractivity contribution in [2.45, 2.75) is 6.42 Å². The fourth-order valence-electron chi connectivity index (χ4n) is 3.69. The largest absolute Gasteiger partial charge is 0.297 e. The number of rotatable bonds is 7. The van der Waals surface area contributed by atoms with Crippen molar-refractivity contribution in [3.8, 4) is 0 Å². The summed E-state index contributed by atoms with van der Waals surface area (Å²) in [6.45, 7) is 0.196. The smallest absolute Gasteiger partial charge is 0.158 e. The number of Topliss-reactive ketones (excluding diaryl/α,β-unsaturated/α-hetero) is 1. The topological polar surface area (TPSA) is 29.4 Å². The fraction of sp³-hybridized carbons (Fsp3) is 0.0741. The van der Waals surface area contributed by atoms with Crippen molar-refractivity contribution in [3.05, 3.63) is 127 Å². The van der Waals surface area contributed by atoms with Crippen LogP contribution in [0.1, 0.15) is 5.56 Å². The third-order valence-corrected chi connectivity index (χ3v) is 8.80.